The molecule has 1 amide bonds. The lowest BCUT2D eigenvalue weighted by atomic mass is 9.95. The highest BCUT2D eigenvalue weighted by atomic mass is 16.2. The van der Waals surface area contributed by atoms with Gasteiger partial charge in [0.2, 0.25) is 5.91 Å². The monoisotopic (exact) mass is 281 g/mol. The molecule has 0 aromatic heterocycles. The molecule has 1 aliphatic heterocycles. The van der Waals surface area contributed by atoms with Crippen LogP contribution in [-0.2, 0) is 4.79 Å². The summed E-state index contributed by atoms with van der Waals surface area (Å²) in [4.78, 5) is 14.7. The summed E-state index contributed by atoms with van der Waals surface area (Å²) in [6.45, 7) is 7.29. The second-order valence-corrected chi connectivity index (χ2v) is 6.41. The van der Waals surface area contributed by atoms with Gasteiger partial charge in [-0.05, 0) is 45.7 Å². The summed E-state index contributed by atoms with van der Waals surface area (Å²) >= 11 is 0. The number of nitrogens with zero attached hydrogens (tertiary/aromatic N) is 1. The number of amides is 1. The van der Waals surface area contributed by atoms with Gasteiger partial charge in [-0.15, -0.1) is 0 Å². The van der Waals surface area contributed by atoms with Gasteiger partial charge in [-0.2, -0.15) is 0 Å². The minimum Gasteiger partial charge on any atom is -0.352 e. The molecule has 1 saturated heterocycles. The second kappa shape index (κ2) is 7.99. The summed E-state index contributed by atoms with van der Waals surface area (Å²) in [5, 5.41) is 6.78. The first-order chi connectivity index (χ1) is 9.70. The van der Waals surface area contributed by atoms with E-state index in [1.807, 2.05) is 0 Å². The normalized spacial score (nSPS) is 27.2. The van der Waals surface area contributed by atoms with E-state index in [-0.39, 0.29) is 11.9 Å². The van der Waals surface area contributed by atoms with Gasteiger partial charge in [-0.25, -0.2) is 0 Å². The summed E-state index contributed by atoms with van der Waals surface area (Å²) in [5.74, 6) is 0.231. The van der Waals surface area contributed by atoms with E-state index in [1.54, 1.807) is 0 Å². The van der Waals surface area contributed by atoms with E-state index in [4.69, 9.17) is 0 Å². The Bertz CT molecular complexity index is 300. The van der Waals surface area contributed by atoms with Crippen molar-refractivity contribution in [1.29, 1.82) is 0 Å². The van der Waals surface area contributed by atoms with Crippen LogP contribution in [0.15, 0.2) is 0 Å². The first-order valence-electron chi connectivity index (χ1n) is 8.48. The number of rotatable bonds is 5. The Kier molecular flexibility index (Phi) is 6.30. The van der Waals surface area contributed by atoms with Crippen molar-refractivity contribution in [3.8, 4) is 0 Å². The molecular weight excluding hydrogens is 250 g/mol. The van der Waals surface area contributed by atoms with Crippen LogP contribution in [0.4, 0.5) is 0 Å². The van der Waals surface area contributed by atoms with E-state index in [2.05, 4.69) is 29.4 Å². The van der Waals surface area contributed by atoms with Crippen molar-refractivity contribution in [3.05, 3.63) is 0 Å². The maximum absolute atomic E-state index is 12.4. The summed E-state index contributed by atoms with van der Waals surface area (Å²) < 4.78 is 0. The zero-order valence-corrected chi connectivity index (χ0v) is 13.2. The average Bonchev–Trinajstić information content (AvgIpc) is 2.48. The molecule has 4 nitrogen and oxygen atoms in total. The third-order valence-corrected chi connectivity index (χ3v) is 4.82. The molecule has 2 rings (SSSR count). The number of likely N-dealkylation sites (tertiary alicyclic amines) is 1. The van der Waals surface area contributed by atoms with Crippen molar-refractivity contribution in [2.24, 2.45) is 0 Å². The third-order valence-electron chi connectivity index (χ3n) is 4.82. The Morgan fingerprint density at radius 3 is 2.55 bits per heavy atom. The predicted octanol–water partition coefficient (Wildman–Crippen LogP) is 1.90. The van der Waals surface area contributed by atoms with Crippen LogP contribution in [0.3, 0.4) is 0 Å². The van der Waals surface area contributed by atoms with E-state index < -0.39 is 0 Å². The van der Waals surface area contributed by atoms with Gasteiger partial charge in [0, 0.05) is 18.6 Å². The fourth-order valence-electron chi connectivity index (χ4n) is 3.55. The molecule has 1 aliphatic carbocycles. The molecule has 116 valence electrons. The molecule has 2 aliphatic rings. The van der Waals surface area contributed by atoms with Crippen molar-refractivity contribution < 1.29 is 4.79 Å². The van der Waals surface area contributed by atoms with Gasteiger partial charge in [0.15, 0.2) is 0 Å². The molecule has 4 heteroatoms. The number of carbonyl (C=O) groups excluding carboxylic acids is 1. The molecule has 0 aromatic rings. The van der Waals surface area contributed by atoms with Crippen molar-refractivity contribution in [3.63, 3.8) is 0 Å². The lowest BCUT2D eigenvalue weighted by molar-refractivity contribution is -0.127. The zero-order chi connectivity index (χ0) is 14.4. The van der Waals surface area contributed by atoms with Crippen molar-refractivity contribution in [2.45, 2.75) is 76.9 Å². The van der Waals surface area contributed by atoms with Gasteiger partial charge in [-0.1, -0.05) is 26.2 Å². The highest BCUT2D eigenvalue weighted by Gasteiger charge is 2.28. The topological polar surface area (TPSA) is 44.4 Å². The highest BCUT2D eigenvalue weighted by molar-refractivity contribution is 5.81. The van der Waals surface area contributed by atoms with Crippen molar-refractivity contribution in [1.82, 2.24) is 15.5 Å². The average molecular weight is 281 g/mol. The molecule has 2 unspecified atom stereocenters. The Morgan fingerprint density at radius 2 is 1.85 bits per heavy atom. The fraction of sp³-hybridized carbons (Fsp3) is 0.938. The molecule has 0 bridgehead atoms. The number of carbonyl (C=O) groups is 1. The number of nitrogens with one attached hydrogen (secondary N) is 2. The van der Waals surface area contributed by atoms with Gasteiger partial charge in [0.05, 0.1) is 6.04 Å². The molecule has 0 aromatic carbocycles. The minimum atomic E-state index is 0.0124. The lowest BCUT2D eigenvalue weighted by Crippen LogP contribution is -2.54. The number of piperidine rings is 1. The standard InChI is InChI=1S/C16H31N3O/c1-3-17-15-10-7-11-19(12-15)13(2)16(20)18-14-8-5-4-6-9-14/h13-15,17H,3-12H2,1-2H3,(H,18,20). The van der Waals surface area contributed by atoms with Gasteiger partial charge >= 0.3 is 0 Å². The maximum atomic E-state index is 12.4. The SMILES string of the molecule is CCNC1CCCN(C(C)C(=O)NC2CCCCC2)C1. The van der Waals surface area contributed by atoms with E-state index in [0.717, 1.165) is 19.6 Å². The van der Waals surface area contributed by atoms with Crippen molar-refractivity contribution >= 4 is 5.91 Å². The smallest absolute Gasteiger partial charge is 0.237 e. The van der Waals surface area contributed by atoms with Gasteiger partial charge in [0.25, 0.3) is 0 Å². The highest BCUT2D eigenvalue weighted by Crippen LogP contribution is 2.18. The van der Waals surface area contributed by atoms with E-state index in [9.17, 15) is 4.79 Å². The molecule has 2 fully saturated rings. The van der Waals surface area contributed by atoms with Crippen LogP contribution in [-0.4, -0.2) is 48.6 Å². The van der Waals surface area contributed by atoms with Crippen LogP contribution >= 0.6 is 0 Å². The van der Waals surface area contributed by atoms with Crippen LogP contribution in [0.1, 0.15) is 58.8 Å². The Balaban J connectivity index is 1.79. The summed E-state index contributed by atoms with van der Waals surface area (Å²) in [6.07, 6.45) is 8.63. The van der Waals surface area contributed by atoms with Crippen molar-refractivity contribution in [2.75, 3.05) is 19.6 Å². The van der Waals surface area contributed by atoms with E-state index in [1.165, 1.54) is 44.9 Å². The molecule has 1 saturated carbocycles. The molecule has 0 spiro atoms. The number of likely N-dealkylation sites (N-methyl/N-ethyl adjacent to an activating group) is 1. The molecule has 2 atom stereocenters. The molecule has 1 heterocycles. The van der Waals surface area contributed by atoms with Gasteiger partial charge in [-0.3, -0.25) is 9.69 Å². The first-order valence-corrected chi connectivity index (χ1v) is 8.48. The summed E-state index contributed by atoms with van der Waals surface area (Å²) in [7, 11) is 0. The van der Waals surface area contributed by atoms with Gasteiger partial charge in [0.1, 0.15) is 0 Å². The molecule has 2 N–H and O–H groups in total. The largest absolute Gasteiger partial charge is 0.352 e. The van der Waals surface area contributed by atoms with Gasteiger partial charge < -0.3 is 10.6 Å². The molecule has 20 heavy (non-hydrogen) atoms. The van der Waals surface area contributed by atoms with Crippen LogP contribution in [0, 0.1) is 0 Å². The predicted molar refractivity (Wildman–Crippen MR) is 82.7 cm³/mol. The molecule has 0 radical (unpaired) electrons. The van der Waals surface area contributed by atoms with Crippen LogP contribution in [0.5, 0.6) is 0 Å². The van der Waals surface area contributed by atoms with Crippen LogP contribution in [0.2, 0.25) is 0 Å². The minimum absolute atomic E-state index is 0.0124. The quantitative estimate of drug-likeness (QED) is 0.809. The Morgan fingerprint density at radius 1 is 1.15 bits per heavy atom. The zero-order valence-electron chi connectivity index (χ0n) is 13.2. The number of hydrogen-bond donors (Lipinski definition) is 2. The van der Waals surface area contributed by atoms with Crippen LogP contribution < -0.4 is 10.6 Å². The Hall–Kier alpha value is -0.610. The van der Waals surface area contributed by atoms with E-state index >= 15 is 0 Å². The maximum Gasteiger partial charge on any atom is 0.237 e. The first kappa shape index (κ1) is 15.8. The number of hydrogen-bond acceptors (Lipinski definition) is 3. The van der Waals surface area contributed by atoms with E-state index in [0.29, 0.717) is 12.1 Å². The molecular formula is C16H31N3O. The summed E-state index contributed by atoms with van der Waals surface area (Å²) in [5.41, 5.74) is 0. The Labute approximate surface area is 123 Å². The second-order valence-electron chi connectivity index (χ2n) is 6.41. The summed E-state index contributed by atoms with van der Waals surface area (Å²) in [6, 6.07) is 0.991. The third kappa shape index (κ3) is 4.45. The fourth-order valence-corrected chi connectivity index (χ4v) is 3.55. The van der Waals surface area contributed by atoms with Crippen LogP contribution in [0.25, 0.3) is 0 Å². The lowest BCUT2D eigenvalue weighted by Gasteiger charge is -2.37.